The lowest BCUT2D eigenvalue weighted by atomic mass is 9.43. The molecular formula is C33H54O10. The van der Waals surface area contributed by atoms with E-state index in [-0.39, 0.29) is 40.8 Å². The standard InChI is InChI=1S/C33H54O10/c1-15-9-25(36)33(40-14-15)16(2)26-23(43-33)12-20-18-11-22(41-30-29(39)28(38)27(37)24(13-34)42-30)21-10-17(35)5-7-31(21,3)19(18)6-8-32(20,26)4/h15-30,34-39H,5-14H2,1-4H3/t15-,16?,17+,18?,19?,20?,21-,22+,23?,24-,25-,26?,27-,28+,29-,30-,31-,32+,33+/m1/s1. The Balaban J connectivity index is 1.17. The molecule has 1 spiro atoms. The summed E-state index contributed by atoms with van der Waals surface area (Å²) in [7, 11) is 0. The first-order valence-electron chi connectivity index (χ1n) is 17.0. The van der Waals surface area contributed by atoms with Crippen LogP contribution in [0.3, 0.4) is 0 Å². The van der Waals surface area contributed by atoms with Gasteiger partial charge in [-0.25, -0.2) is 0 Å². The summed E-state index contributed by atoms with van der Waals surface area (Å²) in [6.45, 7) is 9.23. The van der Waals surface area contributed by atoms with E-state index in [9.17, 15) is 30.6 Å². The highest BCUT2D eigenvalue weighted by molar-refractivity contribution is 5.17. The monoisotopic (exact) mass is 610 g/mol. The third kappa shape index (κ3) is 4.49. The minimum absolute atomic E-state index is 0.0198. The first kappa shape index (κ1) is 31.2. The minimum atomic E-state index is -1.49. The summed E-state index contributed by atoms with van der Waals surface area (Å²) in [6, 6.07) is 0. The zero-order chi connectivity index (χ0) is 30.6. The van der Waals surface area contributed by atoms with Crippen LogP contribution in [0.4, 0.5) is 0 Å². The van der Waals surface area contributed by atoms with Gasteiger partial charge >= 0.3 is 0 Å². The van der Waals surface area contributed by atoms with Crippen molar-refractivity contribution in [2.45, 2.75) is 140 Å². The molecule has 0 aromatic heterocycles. The number of hydrogen-bond donors (Lipinski definition) is 6. The fraction of sp³-hybridized carbons (Fsp3) is 1.00. The molecule has 3 aliphatic heterocycles. The van der Waals surface area contributed by atoms with E-state index in [4.69, 9.17) is 18.9 Å². The summed E-state index contributed by atoms with van der Waals surface area (Å²) in [5.41, 5.74) is -0.0432. The lowest BCUT2D eigenvalue weighted by molar-refractivity contribution is -0.329. The molecule has 0 aromatic rings. The summed E-state index contributed by atoms with van der Waals surface area (Å²) < 4.78 is 25.6. The molecule has 19 atom stereocenters. The van der Waals surface area contributed by atoms with Gasteiger partial charge in [0, 0.05) is 5.92 Å². The maximum atomic E-state index is 11.2. The van der Waals surface area contributed by atoms with Gasteiger partial charge in [-0.1, -0.05) is 27.7 Å². The number of ether oxygens (including phenoxy) is 4. The number of aliphatic hydroxyl groups excluding tert-OH is 6. The summed E-state index contributed by atoms with van der Waals surface area (Å²) in [5, 5.41) is 63.4. The molecule has 7 fully saturated rings. The van der Waals surface area contributed by atoms with Crippen molar-refractivity contribution in [2.24, 2.45) is 52.3 Å². The first-order valence-corrected chi connectivity index (χ1v) is 17.0. The van der Waals surface area contributed by atoms with Crippen molar-refractivity contribution in [3.63, 3.8) is 0 Å². The molecule has 10 nitrogen and oxygen atoms in total. The van der Waals surface area contributed by atoms with Crippen molar-refractivity contribution in [3.05, 3.63) is 0 Å². The van der Waals surface area contributed by atoms with E-state index in [0.717, 1.165) is 38.5 Å². The Labute approximate surface area is 255 Å². The van der Waals surface area contributed by atoms with E-state index >= 15 is 0 Å². The molecular weight excluding hydrogens is 556 g/mol. The Kier molecular flexibility index (Phi) is 7.86. The Bertz CT molecular complexity index is 1040. The average Bonchev–Trinajstić information content (AvgIpc) is 3.42. The van der Waals surface area contributed by atoms with Crippen molar-refractivity contribution in [1.82, 2.24) is 0 Å². The van der Waals surface area contributed by atoms with E-state index in [1.54, 1.807) is 0 Å². The highest BCUT2D eigenvalue weighted by Crippen LogP contribution is 2.71. The van der Waals surface area contributed by atoms with Crippen LogP contribution in [0.2, 0.25) is 0 Å². The summed E-state index contributed by atoms with van der Waals surface area (Å²) >= 11 is 0. The van der Waals surface area contributed by atoms with Gasteiger partial charge in [-0.2, -0.15) is 0 Å². The summed E-state index contributed by atoms with van der Waals surface area (Å²) in [4.78, 5) is 0. The molecule has 3 heterocycles. The summed E-state index contributed by atoms with van der Waals surface area (Å²) in [5.74, 6) is 1.01. The number of fused-ring (bicyclic) bond motifs is 7. The fourth-order valence-electron chi connectivity index (χ4n) is 11.9. The second-order valence-corrected chi connectivity index (χ2v) is 16.2. The van der Waals surface area contributed by atoms with Gasteiger partial charge in [0.25, 0.3) is 0 Å². The molecule has 3 saturated heterocycles. The van der Waals surface area contributed by atoms with Crippen molar-refractivity contribution >= 4 is 0 Å². The maximum absolute atomic E-state index is 11.2. The fourth-order valence-corrected chi connectivity index (χ4v) is 11.9. The van der Waals surface area contributed by atoms with Crippen LogP contribution < -0.4 is 0 Å². The van der Waals surface area contributed by atoms with E-state index in [0.29, 0.717) is 43.1 Å². The Hall–Kier alpha value is -0.400. The molecule has 0 aromatic carbocycles. The van der Waals surface area contributed by atoms with Gasteiger partial charge in [0.2, 0.25) is 0 Å². The quantitative estimate of drug-likeness (QED) is 0.259. The first-order chi connectivity index (χ1) is 20.3. The molecule has 10 heteroatoms. The molecule has 7 aliphatic rings. The van der Waals surface area contributed by atoms with E-state index in [1.807, 2.05) is 0 Å². The molecule has 0 bridgehead atoms. The highest BCUT2D eigenvalue weighted by atomic mass is 16.7. The van der Waals surface area contributed by atoms with Crippen LogP contribution in [0.15, 0.2) is 0 Å². The van der Waals surface area contributed by atoms with Gasteiger partial charge in [0.05, 0.1) is 31.5 Å². The molecule has 7 rings (SSSR count). The van der Waals surface area contributed by atoms with E-state index < -0.39 is 55.3 Å². The topological polar surface area (TPSA) is 158 Å². The number of aliphatic hydroxyl groups is 6. The predicted molar refractivity (Wildman–Crippen MR) is 153 cm³/mol. The minimum Gasteiger partial charge on any atom is -0.394 e. The van der Waals surface area contributed by atoms with Crippen molar-refractivity contribution in [3.8, 4) is 0 Å². The summed E-state index contributed by atoms with van der Waals surface area (Å²) in [6.07, 6.45) is -1.11. The van der Waals surface area contributed by atoms with Crippen LogP contribution in [0.25, 0.3) is 0 Å². The molecule has 0 amide bonds. The van der Waals surface area contributed by atoms with Gasteiger partial charge in [-0.05, 0) is 97.7 Å². The Morgan fingerprint density at radius 2 is 1.56 bits per heavy atom. The number of rotatable bonds is 3. The van der Waals surface area contributed by atoms with Crippen molar-refractivity contribution < 1.29 is 49.6 Å². The van der Waals surface area contributed by atoms with Crippen LogP contribution in [0, 0.1) is 52.3 Å². The molecule has 4 aliphatic carbocycles. The maximum Gasteiger partial charge on any atom is 0.197 e. The second-order valence-electron chi connectivity index (χ2n) is 16.2. The van der Waals surface area contributed by atoms with Gasteiger partial charge in [0.1, 0.15) is 30.5 Å². The lowest BCUT2D eigenvalue weighted by Crippen LogP contribution is -2.63. The third-order valence-corrected chi connectivity index (χ3v) is 14.1. The number of hydrogen-bond acceptors (Lipinski definition) is 10. The lowest BCUT2D eigenvalue weighted by Gasteiger charge is -2.63. The van der Waals surface area contributed by atoms with Gasteiger partial charge in [-0.3, -0.25) is 0 Å². The van der Waals surface area contributed by atoms with E-state index in [1.165, 1.54) is 0 Å². The molecule has 246 valence electrons. The van der Waals surface area contributed by atoms with Crippen LogP contribution in [0.1, 0.15) is 79.1 Å². The van der Waals surface area contributed by atoms with Crippen LogP contribution in [0.5, 0.6) is 0 Å². The third-order valence-electron chi connectivity index (χ3n) is 14.1. The van der Waals surface area contributed by atoms with Crippen molar-refractivity contribution in [2.75, 3.05) is 13.2 Å². The van der Waals surface area contributed by atoms with Crippen molar-refractivity contribution in [1.29, 1.82) is 0 Å². The van der Waals surface area contributed by atoms with Gasteiger partial charge in [0.15, 0.2) is 12.1 Å². The van der Waals surface area contributed by atoms with Gasteiger partial charge in [-0.15, -0.1) is 0 Å². The zero-order valence-corrected chi connectivity index (χ0v) is 26.1. The predicted octanol–water partition coefficient (Wildman–Crippen LogP) is 1.56. The second kappa shape index (κ2) is 10.8. The Morgan fingerprint density at radius 3 is 2.28 bits per heavy atom. The molecule has 0 radical (unpaired) electrons. The molecule has 6 N–H and O–H groups in total. The zero-order valence-electron chi connectivity index (χ0n) is 26.1. The van der Waals surface area contributed by atoms with Crippen LogP contribution in [-0.2, 0) is 18.9 Å². The largest absolute Gasteiger partial charge is 0.394 e. The smallest absolute Gasteiger partial charge is 0.197 e. The van der Waals surface area contributed by atoms with Crippen LogP contribution in [-0.4, -0.2) is 105 Å². The van der Waals surface area contributed by atoms with Crippen LogP contribution >= 0.6 is 0 Å². The van der Waals surface area contributed by atoms with E-state index in [2.05, 4.69) is 27.7 Å². The highest BCUT2D eigenvalue weighted by Gasteiger charge is 2.71. The average molecular weight is 611 g/mol. The molecule has 43 heavy (non-hydrogen) atoms. The molecule has 4 saturated carbocycles. The molecule has 6 unspecified atom stereocenters. The Morgan fingerprint density at radius 1 is 0.814 bits per heavy atom. The normalized spacial score (nSPS) is 61.5. The SMILES string of the molecule is CC1C2C(CC3C4C[C@H](O[C@@H]5O[C@H](CO)[C@@H](O)[C@H](O)[C@H]5O)[C@H]5C[C@@H](O)CC[C@]5(C)C4CC[C@@]32C)O[C@@]12OC[C@H](C)C[C@H]2O. The van der Waals surface area contributed by atoms with Gasteiger partial charge < -0.3 is 49.6 Å².